The fraction of sp³-hybridized carbons (Fsp3) is 0.0345. The molecule has 3 nitrogen and oxygen atoms in total. The molecular weight excluding hydrogens is 739 g/mol. The predicted octanol–water partition coefficient (Wildman–Crippen LogP) is 15.1. The largest absolute Gasteiger partial charge is 0.333 e. The number of aromatic nitrogens is 2. The number of pyridine rings is 2. The second-order valence-electron chi connectivity index (χ2n) is 15.8. The molecule has 10 aromatic carbocycles. The second-order valence-corrected chi connectivity index (χ2v) is 15.8. The van der Waals surface area contributed by atoms with Crippen molar-refractivity contribution in [3.05, 3.63) is 206 Å². The van der Waals surface area contributed by atoms with Crippen LogP contribution in [0.15, 0.2) is 200 Å². The molecule has 288 valence electrons. The molecule has 0 bridgehead atoms. The third-order valence-corrected chi connectivity index (χ3v) is 12.3. The van der Waals surface area contributed by atoms with Gasteiger partial charge in [0.25, 0.3) is 0 Å². The van der Waals surface area contributed by atoms with Crippen LogP contribution in [0.5, 0.6) is 0 Å². The Hall–Kier alpha value is -7.72. The molecule has 0 unspecified atom stereocenters. The quantitative estimate of drug-likeness (QED) is 0.181. The van der Waals surface area contributed by atoms with Crippen LogP contribution in [0.3, 0.4) is 0 Å². The third kappa shape index (κ3) is 6.26. The molecule has 12 aromatic rings. The first-order valence-corrected chi connectivity index (χ1v) is 20.9. The van der Waals surface area contributed by atoms with Crippen molar-refractivity contribution in [1.29, 1.82) is 0 Å². The minimum atomic E-state index is 0.959. The van der Waals surface area contributed by atoms with Crippen molar-refractivity contribution in [1.82, 2.24) is 9.97 Å². The number of benzene rings is 10. The highest BCUT2D eigenvalue weighted by molar-refractivity contribution is 6.10. The first-order valence-electron chi connectivity index (χ1n) is 20.9. The molecule has 3 heteroatoms. The van der Waals surface area contributed by atoms with E-state index in [-0.39, 0.29) is 0 Å². The number of hydrogen-bond acceptors (Lipinski definition) is 3. The SMILES string of the molecule is CN.Cc1ccc2ccccc2c1-c1ccc2ccc3ccc(-c4ccc5ccc(-c6ccc7ccc8ccc(-c9cccc%10ccccc9%10)cc8c7n6)cc5c4)nc3c2c1. The Morgan fingerprint density at radius 1 is 0.311 bits per heavy atom. The van der Waals surface area contributed by atoms with Crippen molar-refractivity contribution in [2.75, 3.05) is 7.05 Å². The van der Waals surface area contributed by atoms with Crippen LogP contribution in [0.1, 0.15) is 5.56 Å². The van der Waals surface area contributed by atoms with E-state index in [9.17, 15) is 0 Å². The Bertz CT molecular complexity index is 3690. The van der Waals surface area contributed by atoms with Gasteiger partial charge in [0.05, 0.1) is 22.4 Å². The Morgan fingerprint density at radius 2 is 0.754 bits per heavy atom. The highest BCUT2D eigenvalue weighted by Gasteiger charge is 2.13. The highest BCUT2D eigenvalue weighted by atomic mass is 14.7. The second kappa shape index (κ2) is 14.8. The van der Waals surface area contributed by atoms with Gasteiger partial charge in [-0.2, -0.15) is 0 Å². The summed E-state index contributed by atoms with van der Waals surface area (Å²) in [5.41, 5.74) is 16.8. The summed E-state index contributed by atoms with van der Waals surface area (Å²) in [6, 6.07) is 72.7. The van der Waals surface area contributed by atoms with Gasteiger partial charge < -0.3 is 5.73 Å². The average Bonchev–Trinajstić information content (AvgIpc) is 3.33. The number of hydrogen-bond donors (Lipinski definition) is 1. The lowest BCUT2D eigenvalue weighted by Crippen LogP contribution is -1.90. The smallest absolute Gasteiger partial charge is 0.0788 e. The Balaban J connectivity index is 0.00000207. The van der Waals surface area contributed by atoms with Gasteiger partial charge in [-0.25, -0.2) is 9.97 Å². The van der Waals surface area contributed by atoms with E-state index < -0.39 is 0 Å². The summed E-state index contributed by atoms with van der Waals surface area (Å²) < 4.78 is 0. The van der Waals surface area contributed by atoms with Crippen LogP contribution in [-0.2, 0) is 0 Å². The summed E-state index contributed by atoms with van der Waals surface area (Å²) in [5, 5.41) is 14.3. The van der Waals surface area contributed by atoms with Crippen molar-refractivity contribution in [2.45, 2.75) is 6.92 Å². The Labute approximate surface area is 354 Å². The van der Waals surface area contributed by atoms with Gasteiger partial charge in [0.2, 0.25) is 0 Å². The zero-order valence-electron chi connectivity index (χ0n) is 34.0. The Morgan fingerprint density at radius 3 is 1.41 bits per heavy atom. The van der Waals surface area contributed by atoms with E-state index >= 15 is 0 Å². The molecule has 0 atom stereocenters. The van der Waals surface area contributed by atoms with Crippen LogP contribution in [0.2, 0.25) is 0 Å². The predicted molar refractivity (Wildman–Crippen MR) is 261 cm³/mol. The maximum Gasteiger partial charge on any atom is 0.0788 e. The molecule has 2 aromatic heterocycles. The molecule has 0 aliphatic carbocycles. The van der Waals surface area contributed by atoms with Gasteiger partial charge in [0, 0.05) is 32.7 Å². The van der Waals surface area contributed by atoms with E-state index in [2.05, 4.69) is 213 Å². The lowest BCUT2D eigenvalue weighted by molar-refractivity contribution is 1.41. The van der Waals surface area contributed by atoms with Crippen LogP contribution in [0.4, 0.5) is 0 Å². The molecule has 2 heterocycles. The van der Waals surface area contributed by atoms with E-state index in [0.29, 0.717) is 0 Å². The Kier molecular flexibility index (Phi) is 8.84. The van der Waals surface area contributed by atoms with Crippen molar-refractivity contribution in [3.8, 4) is 44.8 Å². The standard InChI is InChI=1S/C57H36N2.CH5N/c1-35-13-14-38-8-3-5-11-50(38)55(35)46-26-20-40-18-22-42-28-30-54(59-57(42)52(40)34-46)45-25-16-36-15-24-44(31-47(36)32-45)53-29-27-41-21-17-39-19-23-43(33-51(39)56(41)58-53)49-12-6-9-37-7-2-4-10-48(37)49;1-2/h2-34H,1H3;2H2,1H3. The van der Waals surface area contributed by atoms with Crippen molar-refractivity contribution < 1.29 is 0 Å². The molecule has 0 saturated carbocycles. The number of aryl methyl sites for hydroxylation is 1. The van der Waals surface area contributed by atoms with Crippen molar-refractivity contribution >= 4 is 75.7 Å². The number of nitrogens with two attached hydrogens (primary N) is 1. The van der Waals surface area contributed by atoms with Crippen LogP contribution in [0.25, 0.3) is 120 Å². The molecule has 0 radical (unpaired) electrons. The van der Waals surface area contributed by atoms with Gasteiger partial charge in [-0.1, -0.05) is 164 Å². The van der Waals surface area contributed by atoms with Crippen molar-refractivity contribution in [2.24, 2.45) is 5.73 Å². The van der Waals surface area contributed by atoms with Gasteiger partial charge >= 0.3 is 0 Å². The van der Waals surface area contributed by atoms with Gasteiger partial charge in [-0.05, 0) is 121 Å². The lowest BCUT2D eigenvalue weighted by atomic mass is 9.92. The van der Waals surface area contributed by atoms with Crippen LogP contribution in [-0.4, -0.2) is 17.0 Å². The van der Waals surface area contributed by atoms with Gasteiger partial charge in [0.15, 0.2) is 0 Å². The molecule has 0 spiro atoms. The molecule has 0 amide bonds. The molecule has 0 fully saturated rings. The van der Waals surface area contributed by atoms with E-state index in [1.807, 2.05) is 0 Å². The monoisotopic (exact) mass is 779 g/mol. The van der Waals surface area contributed by atoms with Gasteiger partial charge in [-0.15, -0.1) is 0 Å². The zero-order chi connectivity index (χ0) is 41.0. The molecule has 2 N–H and O–H groups in total. The summed E-state index contributed by atoms with van der Waals surface area (Å²) in [7, 11) is 1.50. The molecule has 12 rings (SSSR count). The molecule has 0 aliphatic heterocycles. The summed E-state index contributed by atoms with van der Waals surface area (Å²) >= 11 is 0. The zero-order valence-corrected chi connectivity index (χ0v) is 34.0. The van der Waals surface area contributed by atoms with Gasteiger partial charge in [-0.3, -0.25) is 0 Å². The fourth-order valence-corrected chi connectivity index (χ4v) is 9.26. The average molecular weight is 780 g/mol. The normalized spacial score (nSPS) is 11.5. The minimum absolute atomic E-state index is 0.959. The third-order valence-electron chi connectivity index (χ3n) is 12.3. The molecule has 0 aliphatic rings. The number of fused-ring (bicyclic) bond motifs is 9. The summed E-state index contributed by atoms with van der Waals surface area (Å²) in [6.45, 7) is 2.21. The number of rotatable bonds is 4. The van der Waals surface area contributed by atoms with Gasteiger partial charge in [0.1, 0.15) is 0 Å². The van der Waals surface area contributed by atoms with Crippen molar-refractivity contribution in [3.63, 3.8) is 0 Å². The first kappa shape index (κ1) is 36.4. The van der Waals surface area contributed by atoms with E-state index in [1.165, 1.54) is 72.6 Å². The lowest BCUT2D eigenvalue weighted by Gasteiger charge is -2.13. The fourth-order valence-electron chi connectivity index (χ4n) is 9.26. The summed E-state index contributed by atoms with van der Waals surface area (Å²) in [5.74, 6) is 0. The maximum absolute atomic E-state index is 5.38. The van der Waals surface area contributed by atoms with E-state index in [4.69, 9.17) is 9.97 Å². The van der Waals surface area contributed by atoms with Crippen LogP contribution in [0, 0.1) is 6.92 Å². The maximum atomic E-state index is 5.38. The van der Waals surface area contributed by atoms with E-state index in [0.717, 1.165) is 60.5 Å². The highest BCUT2D eigenvalue weighted by Crippen LogP contribution is 2.38. The molecular formula is C58H41N3. The number of nitrogens with zero attached hydrogens (tertiary/aromatic N) is 2. The minimum Gasteiger partial charge on any atom is -0.333 e. The van der Waals surface area contributed by atoms with Crippen LogP contribution < -0.4 is 5.73 Å². The van der Waals surface area contributed by atoms with Crippen LogP contribution >= 0.6 is 0 Å². The van der Waals surface area contributed by atoms with E-state index in [1.54, 1.807) is 0 Å². The summed E-state index contributed by atoms with van der Waals surface area (Å²) in [6.07, 6.45) is 0. The molecule has 61 heavy (non-hydrogen) atoms. The summed E-state index contributed by atoms with van der Waals surface area (Å²) in [4.78, 5) is 10.7. The first-order chi connectivity index (χ1) is 30.1. The topological polar surface area (TPSA) is 51.8 Å². The molecule has 0 saturated heterocycles.